The van der Waals surface area contributed by atoms with E-state index in [1.807, 2.05) is 30.3 Å². The van der Waals surface area contributed by atoms with Crippen LogP contribution in [0.15, 0.2) is 49.1 Å². The van der Waals surface area contributed by atoms with Crippen LogP contribution in [0, 0.1) is 6.07 Å². The number of rotatable bonds is 3. The van der Waals surface area contributed by atoms with Gasteiger partial charge in [0.15, 0.2) is 0 Å². The predicted molar refractivity (Wildman–Crippen MR) is 58.5 cm³/mol. The second kappa shape index (κ2) is 3.97. The van der Waals surface area contributed by atoms with Gasteiger partial charge in [0.2, 0.25) is 0 Å². The summed E-state index contributed by atoms with van der Waals surface area (Å²) in [7, 11) is 0. The number of hydrogen-bond acceptors (Lipinski definition) is 1. The van der Waals surface area contributed by atoms with Crippen LogP contribution in [0.4, 0.5) is 0 Å². The van der Waals surface area contributed by atoms with Crippen molar-refractivity contribution in [3.63, 3.8) is 0 Å². The van der Waals surface area contributed by atoms with Gasteiger partial charge in [-0.3, -0.25) is 0 Å². The van der Waals surface area contributed by atoms with Crippen molar-refractivity contribution in [2.75, 3.05) is 6.61 Å². The fourth-order valence-corrected chi connectivity index (χ4v) is 1.33. The topological polar surface area (TPSA) is 9.23 Å². The molecule has 0 fully saturated rings. The minimum absolute atomic E-state index is 0.523. The minimum Gasteiger partial charge on any atom is -0.489 e. The molecule has 2 aromatic rings. The van der Waals surface area contributed by atoms with Crippen LogP contribution in [0.5, 0.6) is 5.75 Å². The first-order chi connectivity index (χ1) is 6.90. The summed E-state index contributed by atoms with van der Waals surface area (Å²) in [6.45, 7) is 4.12. The van der Waals surface area contributed by atoms with E-state index >= 15 is 0 Å². The molecule has 2 rings (SSSR count). The maximum Gasteiger partial charge on any atom is 0.128 e. The third kappa shape index (κ3) is 1.77. The SMILES string of the molecule is C=CCOc1[c]c2ccccc2cc1. The van der Waals surface area contributed by atoms with Crippen molar-refractivity contribution in [3.8, 4) is 5.75 Å². The molecule has 0 spiro atoms. The molecule has 1 heteroatoms. The Bertz CT molecular complexity index is 446. The van der Waals surface area contributed by atoms with E-state index in [9.17, 15) is 0 Å². The summed E-state index contributed by atoms with van der Waals surface area (Å²) in [6, 6.07) is 15.2. The van der Waals surface area contributed by atoms with Gasteiger partial charge in [-0.2, -0.15) is 0 Å². The van der Waals surface area contributed by atoms with Gasteiger partial charge in [0.05, 0.1) is 0 Å². The molecule has 0 saturated heterocycles. The lowest BCUT2D eigenvalue weighted by molar-refractivity contribution is 0.363. The average molecular weight is 183 g/mol. The van der Waals surface area contributed by atoms with Gasteiger partial charge in [-0.1, -0.05) is 43.0 Å². The van der Waals surface area contributed by atoms with E-state index in [2.05, 4.69) is 18.7 Å². The zero-order valence-electron chi connectivity index (χ0n) is 7.86. The molecule has 1 radical (unpaired) electrons. The molecule has 0 heterocycles. The van der Waals surface area contributed by atoms with E-state index in [1.165, 1.54) is 5.39 Å². The molecule has 0 saturated carbocycles. The van der Waals surface area contributed by atoms with Gasteiger partial charge in [0.1, 0.15) is 12.4 Å². The van der Waals surface area contributed by atoms with Crippen LogP contribution in [0.1, 0.15) is 0 Å². The number of ether oxygens (including phenoxy) is 1. The van der Waals surface area contributed by atoms with E-state index < -0.39 is 0 Å². The Hall–Kier alpha value is -1.76. The lowest BCUT2D eigenvalue weighted by atomic mass is 10.1. The summed E-state index contributed by atoms with van der Waals surface area (Å²) in [6.07, 6.45) is 1.73. The minimum atomic E-state index is 0.523. The van der Waals surface area contributed by atoms with Crippen molar-refractivity contribution in [3.05, 3.63) is 55.1 Å². The lowest BCUT2D eigenvalue weighted by Gasteiger charge is -2.03. The monoisotopic (exact) mass is 183 g/mol. The second-order valence-corrected chi connectivity index (χ2v) is 3.01. The van der Waals surface area contributed by atoms with Gasteiger partial charge in [-0.15, -0.1) is 0 Å². The van der Waals surface area contributed by atoms with Crippen molar-refractivity contribution in [1.29, 1.82) is 0 Å². The molecular weight excluding hydrogens is 172 g/mol. The number of benzene rings is 2. The molecule has 1 nitrogen and oxygen atoms in total. The molecule has 0 atom stereocenters. The molecule has 0 N–H and O–H groups in total. The van der Waals surface area contributed by atoms with Gasteiger partial charge in [-0.05, 0) is 16.8 Å². The quantitative estimate of drug-likeness (QED) is 0.664. The maximum atomic E-state index is 5.39. The van der Waals surface area contributed by atoms with Crippen LogP contribution >= 0.6 is 0 Å². The van der Waals surface area contributed by atoms with Crippen LogP contribution in [-0.2, 0) is 0 Å². The summed E-state index contributed by atoms with van der Waals surface area (Å²) in [5.41, 5.74) is 0. The van der Waals surface area contributed by atoms with Crippen LogP contribution in [0.3, 0.4) is 0 Å². The van der Waals surface area contributed by atoms with Crippen molar-refractivity contribution >= 4 is 10.8 Å². The van der Waals surface area contributed by atoms with E-state index in [4.69, 9.17) is 4.74 Å². The second-order valence-electron chi connectivity index (χ2n) is 3.01. The Kier molecular flexibility index (Phi) is 2.50. The molecular formula is C13H11O. The fraction of sp³-hybridized carbons (Fsp3) is 0.0769. The van der Waals surface area contributed by atoms with Crippen LogP contribution in [0.25, 0.3) is 10.8 Å². The predicted octanol–water partition coefficient (Wildman–Crippen LogP) is 3.20. The molecule has 0 aliphatic heterocycles. The summed E-state index contributed by atoms with van der Waals surface area (Å²) in [5.74, 6) is 0.767. The molecule has 0 bridgehead atoms. The summed E-state index contributed by atoms with van der Waals surface area (Å²) in [4.78, 5) is 0. The molecule has 0 unspecified atom stereocenters. The Morgan fingerprint density at radius 3 is 2.93 bits per heavy atom. The summed E-state index contributed by atoms with van der Waals surface area (Å²) in [5, 5.41) is 2.26. The Labute approximate surface area is 83.6 Å². The molecule has 0 aliphatic rings. The first kappa shape index (κ1) is 8.82. The normalized spacial score (nSPS) is 10.0. The lowest BCUT2D eigenvalue weighted by Crippen LogP contribution is -1.92. The molecule has 0 amide bonds. The first-order valence-corrected chi connectivity index (χ1v) is 4.55. The maximum absolute atomic E-state index is 5.39. The standard InChI is InChI=1S/C13H11O/c1-2-9-14-13-8-7-11-5-3-4-6-12(11)10-13/h2-8H,1,9H2. The molecule has 2 aromatic carbocycles. The van der Waals surface area contributed by atoms with Crippen LogP contribution < -0.4 is 4.74 Å². The van der Waals surface area contributed by atoms with Gasteiger partial charge >= 0.3 is 0 Å². The van der Waals surface area contributed by atoms with Crippen LogP contribution in [0.2, 0.25) is 0 Å². The van der Waals surface area contributed by atoms with Crippen molar-refractivity contribution in [2.45, 2.75) is 0 Å². The van der Waals surface area contributed by atoms with Gasteiger partial charge in [0, 0.05) is 6.07 Å². The highest BCUT2D eigenvalue weighted by Gasteiger charge is 1.95. The highest BCUT2D eigenvalue weighted by molar-refractivity contribution is 5.83. The van der Waals surface area contributed by atoms with Gasteiger partial charge < -0.3 is 4.74 Å². The zero-order chi connectivity index (χ0) is 9.80. The largest absolute Gasteiger partial charge is 0.489 e. The number of hydrogen-bond donors (Lipinski definition) is 0. The summed E-state index contributed by atoms with van der Waals surface area (Å²) < 4.78 is 5.39. The Morgan fingerprint density at radius 2 is 2.07 bits per heavy atom. The third-order valence-corrected chi connectivity index (χ3v) is 1.99. The fourth-order valence-electron chi connectivity index (χ4n) is 1.33. The van der Waals surface area contributed by atoms with Crippen molar-refractivity contribution in [1.82, 2.24) is 0 Å². The van der Waals surface area contributed by atoms with Crippen LogP contribution in [-0.4, -0.2) is 6.61 Å². The van der Waals surface area contributed by atoms with E-state index in [-0.39, 0.29) is 0 Å². The van der Waals surface area contributed by atoms with Crippen molar-refractivity contribution in [2.24, 2.45) is 0 Å². The molecule has 14 heavy (non-hydrogen) atoms. The third-order valence-electron chi connectivity index (χ3n) is 1.99. The summed E-state index contributed by atoms with van der Waals surface area (Å²) >= 11 is 0. The van der Waals surface area contributed by atoms with E-state index in [0.717, 1.165) is 11.1 Å². The number of fused-ring (bicyclic) bond motifs is 1. The highest BCUT2D eigenvalue weighted by atomic mass is 16.5. The smallest absolute Gasteiger partial charge is 0.128 e. The van der Waals surface area contributed by atoms with Gasteiger partial charge in [-0.25, -0.2) is 0 Å². The Balaban J connectivity index is 2.36. The molecule has 0 aromatic heterocycles. The van der Waals surface area contributed by atoms with E-state index in [1.54, 1.807) is 6.08 Å². The first-order valence-electron chi connectivity index (χ1n) is 4.55. The zero-order valence-corrected chi connectivity index (χ0v) is 7.86. The van der Waals surface area contributed by atoms with Gasteiger partial charge in [0.25, 0.3) is 0 Å². The van der Waals surface area contributed by atoms with E-state index in [0.29, 0.717) is 6.61 Å². The molecule has 69 valence electrons. The molecule has 0 aliphatic carbocycles. The average Bonchev–Trinajstić information content (AvgIpc) is 2.26. The highest BCUT2D eigenvalue weighted by Crippen LogP contribution is 2.19. The van der Waals surface area contributed by atoms with Crippen molar-refractivity contribution < 1.29 is 4.74 Å². The Morgan fingerprint density at radius 1 is 1.21 bits per heavy atom.